The number of aromatic carboxylic acids is 1. The number of rotatable bonds is 4. The number of fused-ring (bicyclic) bond motifs is 1. The third-order valence-electron chi connectivity index (χ3n) is 3.39. The number of ether oxygens (including phenoxy) is 1. The second-order valence-electron chi connectivity index (χ2n) is 4.75. The fourth-order valence-corrected chi connectivity index (χ4v) is 2.28. The number of para-hydroxylation sites is 1. The molecular formula is C18H14O4. The van der Waals surface area contributed by atoms with E-state index in [1.54, 1.807) is 19.3 Å². The Morgan fingerprint density at radius 3 is 2.50 bits per heavy atom. The highest BCUT2D eigenvalue weighted by molar-refractivity contribution is 6.01. The quantitative estimate of drug-likeness (QED) is 0.779. The summed E-state index contributed by atoms with van der Waals surface area (Å²) in [5.41, 5.74) is 2.08. The molecule has 22 heavy (non-hydrogen) atoms. The molecule has 0 unspecified atom stereocenters. The number of methoxy groups -OCH3 is 1. The molecule has 0 atom stereocenters. The molecule has 3 rings (SSSR count). The van der Waals surface area contributed by atoms with Gasteiger partial charge in [0.15, 0.2) is 0 Å². The van der Waals surface area contributed by atoms with Gasteiger partial charge in [-0.05, 0) is 29.8 Å². The van der Waals surface area contributed by atoms with Crippen LogP contribution in [0.15, 0.2) is 52.9 Å². The van der Waals surface area contributed by atoms with Gasteiger partial charge in [-0.1, -0.05) is 36.4 Å². The summed E-state index contributed by atoms with van der Waals surface area (Å²) in [5, 5.41) is 10.1. The van der Waals surface area contributed by atoms with E-state index in [1.165, 1.54) is 0 Å². The van der Waals surface area contributed by atoms with Crippen LogP contribution in [-0.4, -0.2) is 18.2 Å². The molecule has 0 fully saturated rings. The van der Waals surface area contributed by atoms with E-state index in [1.807, 2.05) is 48.5 Å². The minimum atomic E-state index is -1.08. The average Bonchev–Trinajstić information content (AvgIpc) is 2.92. The molecule has 1 aromatic heterocycles. The van der Waals surface area contributed by atoms with Gasteiger partial charge < -0.3 is 14.3 Å². The zero-order valence-electron chi connectivity index (χ0n) is 11.9. The highest BCUT2D eigenvalue weighted by Gasteiger charge is 2.17. The number of carbonyl (C=O) groups is 1. The number of furan rings is 1. The Morgan fingerprint density at radius 2 is 1.82 bits per heavy atom. The fraction of sp³-hybridized carbons (Fsp3) is 0.0556. The maximum atomic E-state index is 11.3. The molecule has 0 saturated heterocycles. The first-order valence-electron chi connectivity index (χ1n) is 6.76. The molecule has 2 aromatic carbocycles. The second-order valence-corrected chi connectivity index (χ2v) is 4.75. The van der Waals surface area contributed by atoms with Crippen molar-refractivity contribution in [3.63, 3.8) is 0 Å². The predicted octanol–water partition coefficient (Wildman–Crippen LogP) is 4.31. The minimum Gasteiger partial charge on any atom is -0.497 e. The molecule has 0 aliphatic heterocycles. The normalized spacial score (nSPS) is 11.1. The summed E-state index contributed by atoms with van der Waals surface area (Å²) >= 11 is 0. The van der Waals surface area contributed by atoms with Crippen LogP contribution >= 0.6 is 0 Å². The van der Waals surface area contributed by atoms with Crippen molar-refractivity contribution in [1.82, 2.24) is 0 Å². The lowest BCUT2D eigenvalue weighted by Crippen LogP contribution is -1.95. The molecule has 4 nitrogen and oxygen atoms in total. The molecule has 0 bridgehead atoms. The van der Waals surface area contributed by atoms with Crippen LogP contribution in [0.2, 0.25) is 0 Å². The van der Waals surface area contributed by atoms with Gasteiger partial charge in [0, 0.05) is 10.9 Å². The highest BCUT2D eigenvalue weighted by atomic mass is 16.5. The maximum absolute atomic E-state index is 11.3. The van der Waals surface area contributed by atoms with E-state index in [2.05, 4.69) is 0 Å². The van der Waals surface area contributed by atoms with Gasteiger partial charge in [-0.2, -0.15) is 0 Å². The Morgan fingerprint density at radius 1 is 1.09 bits per heavy atom. The predicted molar refractivity (Wildman–Crippen MR) is 85.1 cm³/mol. The first-order chi connectivity index (χ1) is 10.7. The highest BCUT2D eigenvalue weighted by Crippen LogP contribution is 2.28. The van der Waals surface area contributed by atoms with Crippen molar-refractivity contribution in [3.8, 4) is 5.75 Å². The van der Waals surface area contributed by atoms with E-state index in [4.69, 9.17) is 9.15 Å². The summed E-state index contributed by atoms with van der Waals surface area (Å²) in [6.07, 6.45) is 3.61. The summed E-state index contributed by atoms with van der Waals surface area (Å²) in [4.78, 5) is 11.3. The van der Waals surface area contributed by atoms with Crippen LogP contribution in [-0.2, 0) is 0 Å². The van der Waals surface area contributed by atoms with Gasteiger partial charge in [-0.15, -0.1) is 0 Å². The number of carboxylic acid groups (broad SMARTS) is 1. The van der Waals surface area contributed by atoms with Crippen molar-refractivity contribution in [2.24, 2.45) is 0 Å². The Balaban J connectivity index is 2.03. The van der Waals surface area contributed by atoms with Crippen molar-refractivity contribution >= 4 is 29.1 Å². The van der Waals surface area contributed by atoms with Gasteiger partial charge in [0.25, 0.3) is 0 Å². The van der Waals surface area contributed by atoms with Crippen molar-refractivity contribution in [1.29, 1.82) is 0 Å². The van der Waals surface area contributed by atoms with E-state index < -0.39 is 5.97 Å². The van der Waals surface area contributed by atoms with Gasteiger partial charge in [0.2, 0.25) is 5.76 Å². The van der Waals surface area contributed by atoms with E-state index in [-0.39, 0.29) is 5.76 Å². The van der Waals surface area contributed by atoms with Gasteiger partial charge in [0.1, 0.15) is 11.3 Å². The molecule has 0 aliphatic rings. The summed E-state index contributed by atoms with van der Waals surface area (Å²) < 4.78 is 10.5. The minimum absolute atomic E-state index is 0.0500. The van der Waals surface area contributed by atoms with Crippen LogP contribution in [0.3, 0.4) is 0 Å². The number of hydrogen-bond acceptors (Lipinski definition) is 3. The van der Waals surface area contributed by atoms with Crippen molar-refractivity contribution < 1.29 is 19.1 Å². The number of hydrogen-bond donors (Lipinski definition) is 1. The van der Waals surface area contributed by atoms with E-state index >= 15 is 0 Å². The summed E-state index contributed by atoms with van der Waals surface area (Å²) in [6, 6.07) is 14.8. The first-order valence-corrected chi connectivity index (χ1v) is 6.76. The van der Waals surface area contributed by atoms with Crippen LogP contribution < -0.4 is 4.74 Å². The lowest BCUT2D eigenvalue weighted by molar-refractivity contribution is 0.0664. The van der Waals surface area contributed by atoms with Gasteiger partial charge in [0.05, 0.1) is 7.11 Å². The Bertz CT molecular complexity index is 841. The fourth-order valence-electron chi connectivity index (χ4n) is 2.28. The molecule has 4 heteroatoms. The third kappa shape index (κ3) is 2.59. The van der Waals surface area contributed by atoms with Crippen molar-refractivity contribution in [2.45, 2.75) is 0 Å². The summed E-state index contributed by atoms with van der Waals surface area (Å²) in [7, 11) is 1.61. The smallest absolute Gasteiger partial charge is 0.372 e. The van der Waals surface area contributed by atoms with Crippen molar-refractivity contribution in [3.05, 3.63) is 65.4 Å². The van der Waals surface area contributed by atoms with Crippen LogP contribution in [0.5, 0.6) is 5.75 Å². The Labute approximate surface area is 127 Å². The maximum Gasteiger partial charge on any atom is 0.372 e. The second kappa shape index (κ2) is 5.77. The lowest BCUT2D eigenvalue weighted by atomic mass is 10.1. The average molecular weight is 294 g/mol. The van der Waals surface area contributed by atoms with Crippen LogP contribution in [0.4, 0.5) is 0 Å². The summed E-state index contributed by atoms with van der Waals surface area (Å²) in [5.74, 6) is -0.353. The molecule has 0 spiro atoms. The standard InChI is InChI=1S/C18H14O4/c1-21-13-9-6-12(7-10-13)8-11-15-14-4-2-3-5-16(14)22-17(15)18(19)20/h2-11H,1H3,(H,19,20)/b11-8-. The van der Waals surface area contributed by atoms with Crippen LogP contribution in [0, 0.1) is 0 Å². The topological polar surface area (TPSA) is 59.7 Å². The number of carboxylic acids is 1. The molecule has 0 amide bonds. The molecule has 3 aromatic rings. The Kier molecular flexibility index (Phi) is 3.66. The molecule has 110 valence electrons. The van der Waals surface area contributed by atoms with Gasteiger partial charge >= 0.3 is 5.97 Å². The first kappa shape index (κ1) is 13.9. The van der Waals surface area contributed by atoms with Crippen LogP contribution in [0.25, 0.3) is 23.1 Å². The molecule has 1 heterocycles. The number of benzene rings is 2. The van der Waals surface area contributed by atoms with E-state index in [0.717, 1.165) is 16.7 Å². The molecule has 0 radical (unpaired) electrons. The molecule has 1 N–H and O–H groups in total. The SMILES string of the molecule is COc1ccc(/C=C\c2c(C(=O)O)oc3ccccc23)cc1. The zero-order chi connectivity index (χ0) is 15.5. The van der Waals surface area contributed by atoms with Gasteiger partial charge in [-0.25, -0.2) is 4.79 Å². The molecule has 0 aliphatic carbocycles. The summed E-state index contributed by atoms with van der Waals surface area (Å²) in [6.45, 7) is 0. The zero-order valence-corrected chi connectivity index (χ0v) is 11.9. The van der Waals surface area contributed by atoms with Crippen LogP contribution in [0.1, 0.15) is 21.7 Å². The molecule has 0 saturated carbocycles. The van der Waals surface area contributed by atoms with E-state index in [0.29, 0.717) is 11.1 Å². The van der Waals surface area contributed by atoms with Crippen molar-refractivity contribution in [2.75, 3.05) is 7.11 Å². The van der Waals surface area contributed by atoms with E-state index in [9.17, 15) is 9.90 Å². The molecular weight excluding hydrogens is 280 g/mol. The Hall–Kier alpha value is -3.01. The van der Waals surface area contributed by atoms with Gasteiger partial charge in [-0.3, -0.25) is 0 Å². The monoisotopic (exact) mass is 294 g/mol. The lowest BCUT2D eigenvalue weighted by Gasteiger charge is -1.99. The third-order valence-corrected chi connectivity index (χ3v) is 3.39. The largest absolute Gasteiger partial charge is 0.497 e.